The van der Waals surface area contributed by atoms with E-state index in [2.05, 4.69) is 15.5 Å². The highest BCUT2D eigenvalue weighted by atomic mass is 32.1. The fourth-order valence-electron chi connectivity index (χ4n) is 2.92. The van der Waals surface area contributed by atoms with Crippen LogP contribution in [0.2, 0.25) is 0 Å². The zero-order chi connectivity index (χ0) is 17.1. The minimum absolute atomic E-state index is 0.0103. The molecular weight excluding hydrogens is 324 g/mol. The van der Waals surface area contributed by atoms with Gasteiger partial charge in [-0.15, -0.1) is 0 Å². The molecule has 2 N–H and O–H groups in total. The summed E-state index contributed by atoms with van der Waals surface area (Å²) in [5.41, 5.74) is 2.09. The Kier molecular flexibility index (Phi) is 5.11. The molecule has 3 rings (SSSR count). The second kappa shape index (κ2) is 7.27. The number of aromatic amines is 1. The van der Waals surface area contributed by atoms with Crippen molar-refractivity contribution in [3.05, 3.63) is 34.6 Å². The van der Waals surface area contributed by atoms with Crippen LogP contribution < -0.4 is 5.32 Å². The molecular formula is C17H22N4O2S. The predicted molar refractivity (Wildman–Crippen MR) is 94.2 cm³/mol. The van der Waals surface area contributed by atoms with Gasteiger partial charge in [0.25, 0.3) is 0 Å². The van der Waals surface area contributed by atoms with Crippen molar-refractivity contribution >= 4 is 18.1 Å². The van der Waals surface area contributed by atoms with Crippen LogP contribution in [0.5, 0.6) is 0 Å². The molecule has 2 heterocycles. The first-order chi connectivity index (χ1) is 11.5. The van der Waals surface area contributed by atoms with Gasteiger partial charge >= 0.3 is 0 Å². The Morgan fingerprint density at radius 3 is 2.92 bits per heavy atom. The van der Waals surface area contributed by atoms with Gasteiger partial charge in [0.2, 0.25) is 5.91 Å². The number of aryl methyl sites for hydroxylation is 1. The van der Waals surface area contributed by atoms with Crippen LogP contribution in [0.1, 0.15) is 25.3 Å². The number of carbonyl (C=O) groups excluding carboxylic acids is 1. The maximum Gasteiger partial charge on any atom is 0.240 e. The summed E-state index contributed by atoms with van der Waals surface area (Å²) in [7, 11) is 0. The third-order valence-electron chi connectivity index (χ3n) is 4.28. The lowest BCUT2D eigenvalue weighted by Crippen LogP contribution is -2.42. The van der Waals surface area contributed by atoms with Gasteiger partial charge in [-0.1, -0.05) is 29.8 Å². The van der Waals surface area contributed by atoms with Crippen LogP contribution in [0.25, 0.3) is 11.4 Å². The Bertz CT molecular complexity index is 760. The Morgan fingerprint density at radius 2 is 2.25 bits per heavy atom. The average molecular weight is 346 g/mol. The highest BCUT2D eigenvalue weighted by Crippen LogP contribution is 2.18. The van der Waals surface area contributed by atoms with Crippen molar-refractivity contribution in [3.8, 4) is 11.4 Å². The van der Waals surface area contributed by atoms with E-state index in [0.717, 1.165) is 25.0 Å². The van der Waals surface area contributed by atoms with Crippen molar-refractivity contribution in [2.45, 2.75) is 45.4 Å². The number of nitrogens with zero attached hydrogens (tertiary/aromatic N) is 2. The van der Waals surface area contributed by atoms with Gasteiger partial charge in [-0.2, -0.15) is 5.10 Å². The molecule has 1 aromatic carbocycles. The summed E-state index contributed by atoms with van der Waals surface area (Å²) in [6, 6.07) is 7.96. The number of benzene rings is 1. The molecule has 0 saturated carbocycles. The van der Waals surface area contributed by atoms with Crippen LogP contribution in [0.3, 0.4) is 0 Å². The molecule has 1 fully saturated rings. The Balaban J connectivity index is 1.72. The van der Waals surface area contributed by atoms with Gasteiger partial charge in [0.1, 0.15) is 6.54 Å². The highest BCUT2D eigenvalue weighted by Gasteiger charge is 2.24. The molecule has 0 radical (unpaired) electrons. The van der Waals surface area contributed by atoms with Gasteiger partial charge in [0.05, 0.1) is 12.1 Å². The Hall–Kier alpha value is -1.99. The van der Waals surface area contributed by atoms with Crippen LogP contribution >= 0.6 is 12.2 Å². The first-order valence-electron chi connectivity index (χ1n) is 8.18. The van der Waals surface area contributed by atoms with Crippen molar-refractivity contribution < 1.29 is 9.53 Å². The highest BCUT2D eigenvalue weighted by molar-refractivity contribution is 7.71. The Morgan fingerprint density at radius 1 is 1.50 bits per heavy atom. The molecule has 6 nitrogen and oxygen atoms in total. The first-order valence-corrected chi connectivity index (χ1v) is 8.58. The van der Waals surface area contributed by atoms with Gasteiger partial charge in [0.15, 0.2) is 10.6 Å². The lowest BCUT2D eigenvalue weighted by atomic mass is 10.1. The SMILES string of the molecule is Cc1ccc(-c2n[nH]c(=S)n2CC(=O)N[C@H](C)[C@@H]2CCCO2)cc1. The van der Waals surface area contributed by atoms with E-state index in [0.29, 0.717) is 10.6 Å². The summed E-state index contributed by atoms with van der Waals surface area (Å²) in [6.07, 6.45) is 2.14. The van der Waals surface area contributed by atoms with Crippen molar-refractivity contribution in [3.63, 3.8) is 0 Å². The molecule has 24 heavy (non-hydrogen) atoms. The van der Waals surface area contributed by atoms with Crippen molar-refractivity contribution in [1.82, 2.24) is 20.1 Å². The van der Waals surface area contributed by atoms with Gasteiger partial charge in [-0.25, -0.2) is 0 Å². The number of hydrogen-bond acceptors (Lipinski definition) is 4. The van der Waals surface area contributed by atoms with Crippen molar-refractivity contribution in [2.24, 2.45) is 0 Å². The van der Waals surface area contributed by atoms with E-state index in [9.17, 15) is 4.79 Å². The zero-order valence-electron chi connectivity index (χ0n) is 13.9. The number of amides is 1. The average Bonchev–Trinajstić information content (AvgIpc) is 3.20. The number of hydrogen-bond donors (Lipinski definition) is 2. The molecule has 0 aliphatic carbocycles. The van der Waals surface area contributed by atoms with Gasteiger partial charge in [-0.05, 0) is 38.9 Å². The molecule has 128 valence electrons. The maximum absolute atomic E-state index is 12.4. The summed E-state index contributed by atoms with van der Waals surface area (Å²) >= 11 is 5.28. The molecule has 7 heteroatoms. The summed E-state index contributed by atoms with van der Waals surface area (Å²) in [4.78, 5) is 12.4. The standard InChI is InChI=1S/C17H22N4O2S/c1-11-5-7-13(8-6-11)16-19-20-17(24)21(16)10-15(22)18-12(2)14-4-3-9-23-14/h5-8,12,14H,3-4,9-10H2,1-2H3,(H,18,22)(H,20,24)/t12-,14+/m1/s1. The molecule has 1 aliphatic heterocycles. The summed E-state index contributed by atoms with van der Waals surface area (Å²) < 4.78 is 7.77. The number of ether oxygens (including phenoxy) is 1. The lowest BCUT2D eigenvalue weighted by Gasteiger charge is -2.20. The normalized spacial score (nSPS) is 18.5. The summed E-state index contributed by atoms with van der Waals surface area (Å²) in [5.74, 6) is 0.573. The van der Waals surface area contributed by atoms with E-state index < -0.39 is 0 Å². The van der Waals surface area contributed by atoms with Crippen LogP contribution in [0.15, 0.2) is 24.3 Å². The minimum Gasteiger partial charge on any atom is -0.376 e. The topological polar surface area (TPSA) is 71.9 Å². The van der Waals surface area contributed by atoms with Crippen LogP contribution in [-0.4, -0.2) is 39.4 Å². The zero-order valence-corrected chi connectivity index (χ0v) is 14.7. The quantitative estimate of drug-likeness (QED) is 0.817. The molecule has 1 aromatic heterocycles. The molecule has 1 aliphatic rings. The summed E-state index contributed by atoms with van der Waals surface area (Å²) in [5, 5.41) is 10.0. The van der Waals surface area contributed by atoms with Gasteiger partial charge in [-0.3, -0.25) is 14.5 Å². The fraction of sp³-hybridized carbons (Fsp3) is 0.471. The Labute approximate surface area is 146 Å². The second-order valence-corrected chi connectivity index (χ2v) is 6.60. The molecule has 0 bridgehead atoms. The van der Waals surface area contributed by atoms with E-state index in [1.54, 1.807) is 4.57 Å². The van der Waals surface area contributed by atoms with Crippen LogP contribution in [0.4, 0.5) is 0 Å². The maximum atomic E-state index is 12.4. The number of rotatable bonds is 5. The molecule has 2 aromatic rings. The smallest absolute Gasteiger partial charge is 0.240 e. The number of aromatic nitrogens is 3. The molecule has 1 amide bonds. The lowest BCUT2D eigenvalue weighted by molar-refractivity contribution is -0.123. The molecule has 0 spiro atoms. The number of nitrogens with one attached hydrogen (secondary N) is 2. The second-order valence-electron chi connectivity index (χ2n) is 6.21. The largest absolute Gasteiger partial charge is 0.376 e. The van der Waals surface area contributed by atoms with E-state index in [1.807, 2.05) is 38.1 Å². The third-order valence-corrected chi connectivity index (χ3v) is 4.59. The monoisotopic (exact) mass is 346 g/mol. The predicted octanol–water partition coefficient (Wildman–Crippen LogP) is 2.60. The first kappa shape index (κ1) is 16.9. The van der Waals surface area contributed by atoms with E-state index in [1.165, 1.54) is 5.56 Å². The van der Waals surface area contributed by atoms with E-state index in [-0.39, 0.29) is 24.6 Å². The number of carbonyl (C=O) groups is 1. The minimum atomic E-state index is -0.0936. The third kappa shape index (κ3) is 3.73. The van der Waals surface area contributed by atoms with Crippen molar-refractivity contribution in [2.75, 3.05) is 6.61 Å². The van der Waals surface area contributed by atoms with Gasteiger partial charge < -0.3 is 10.1 Å². The molecule has 2 atom stereocenters. The van der Waals surface area contributed by atoms with E-state index >= 15 is 0 Å². The van der Waals surface area contributed by atoms with Crippen LogP contribution in [-0.2, 0) is 16.1 Å². The molecule has 0 unspecified atom stereocenters. The van der Waals surface area contributed by atoms with E-state index in [4.69, 9.17) is 17.0 Å². The van der Waals surface area contributed by atoms with Gasteiger partial charge in [0, 0.05) is 12.2 Å². The fourth-order valence-corrected chi connectivity index (χ4v) is 3.12. The van der Waals surface area contributed by atoms with Crippen molar-refractivity contribution in [1.29, 1.82) is 0 Å². The van der Waals surface area contributed by atoms with Crippen LogP contribution in [0, 0.1) is 11.7 Å². The molecule has 1 saturated heterocycles. The number of H-pyrrole nitrogens is 1. The summed E-state index contributed by atoms with van der Waals surface area (Å²) in [6.45, 7) is 4.91.